The van der Waals surface area contributed by atoms with Crippen molar-refractivity contribution in [1.82, 2.24) is 9.55 Å². The molecule has 0 aliphatic heterocycles. The lowest BCUT2D eigenvalue weighted by Crippen LogP contribution is -1.99. The first-order valence-corrected chi connectivity index (χ1v) is 15.4. The number of nitrogens with zero attached hydrogens (tertiary/aromatic N) is 2. The Morgan fingerprint density at radius 2 is 0.978 bits per heavy atom. The van der Waals surface area contributed by atoms with E-state index >= 15 is 0 Å². The minimum Gasteiger partial charge on any atom is -0.292 e. The van der Waals surface area contributed by atoms with Crippen LogP contribution in [0.1, 0.15) is 0 Å². The van der Waals surface area contributed by atoms with Crippen LogP contribution in [0.4, 0.5) is 0 Å². The number of imidazole rings is 1. The molecule has 0 saturated heterocycles. The van der Waals surface area contributed by atoms with Crippen LogP contribution in [0.25, 0.3) is 82.7 Å². The first-order chi connectivity index (χ1) is 22.3. The smallest absolute Gasteiger partial charge is 0.145 e. The van der Waals surface area contributed by atoms with Gasteiger partial charge in [0.25, 0.3) is 0 Å². The lowest BCUT2D eigenvalue weighted by atomic mass is 9.85. The zero-order chi connectivity index (χ0) is 29.7. The van der Waals surface area contributed by atoms with Gasteiger partial charge in [-0.15, -0.1) is 0 Å². The normalized spacial score (nSPS) is 11.6. The maximum absolute atomic E-state index is 5.26. The molecule has 0 atom stereocenters. The van der Waals surface area contributed by atoms with Crippen molar-refractivity contribution in [1.29, 1.82) is 0 Å². The second kappa shape index (κ2) is 10.3. The van der Waals surface area contributed by atoms with Gasteiger partial charge in [0.2, 0.25) is 0 Å². The predicted molar refractivity (Wildman–Crippen MR) is 190 cm³/mol. The van der Waals surface area contributed by atoms with Crippen molar-refractivity contribution in [2.75, 3.05) is 0 Å². The van der Waals surface area contributed by atoms with E-state index < -0.39 is 0 Å². The zero-order valence-electron chi connectivity index (χ0n) is 24.6. The summed E-state index contributed by atoms with van der Waals surface area (Å²) in [5.74, 6) is 0.936. The van der Waals surface area contributed by atoms with Crippen molar-refractivity contribution in [2.24, 2.45) is 0 Å². The number of rotatable bonds is 4. The molecule has 0 aliphatic carbocycles. The van der Waals surface area contributed by atoms with Gasteiger partial charge in [-0.3, -0.25) is 4.57 Å². The Labute approximate surface area is 261 Å². The Kier molecular flexibility index (Phi) is 5.85. The molecule has 2 heteroatoms. The topological polar surface area (TPSA) is 17.8 Å². The third-order valence-corrected chi connectivity index (χ3v) is 8.96. The summed E-state index contributed by atoms with van der Waals surface area (Å²) in [4.78, 5) is 5.26. The second-order valence-electron chi connectivity index (χ2n) is 11.5. The fraction of sp³-hybridized carbons (Fsp3) is 0. The molecule has 0 unspecified atom stereocenters. The van der Waals surface area contributed by atoms with Crippen LogP contribution in [-0.4, -0.2) is 9.55 Å². The van der Waals surface area contributed by atoms with E-state index in [-0.39, 0.29) is 0 Å². The lowest BCUT2D eigenvalue weighted by molar-refractivity contribution is 1.10. The average molecular weight is 573 g/mol. The Morgan fingerprint density at radius 1 is 0.400 bits per heavy atom. The molecular weight excluding hydrogens is 544 g/mol. The summed E-state index contributed by atoms with van der Waals surface area (Å²) < 4.78 is 2.33. The minimum atomic E-state index is 0.936. The average Bonchev–Trinajstić information content (AvgIpc) is 3.51. The van der Waals surface area contributed by atoms with Gasteiger partial charge in [-0.05, 0) is 73.3 Å². The third-order valence-electron chi connectivity index (χ3n) is 8.96. The lowest BCUT2D eigenvalue weighted by Gasteiger charge is -2.19. The molecule has 0 fully saturated rings. The maximum atomic E-state index is 5.26. The van der Waals surface area contributed by atoms with Gasteiger partial charge in [0.05, 0.1) is 11.0 Å². The molecule has 0 amide bonds. The van der Waals surface area contributed by atoms with E-state index in [1.165, 1.54) is 54.6 Å². The van der Waals surface area contributed by atoms with Crippen LogP contribution in [0.15, 0.2) is 170 Å². The van der Waals surface area contributed by atoms with Crippen LogP contribution in [-0.2, 0) is 0 Å². The van der Waals surface area contributed by atoms with Crippen LogP contribution in [0, 0.1) is 0 Å². The molecule has 0 spiro atoms. The van der Waals surface area contributed by atoms with Gasteiger partial charge in [0, 0.05) is 16.8 Å². The van der Waals surface area contributed by atoms with Gasteiger partial charge in [-0.2, -0.15) is 0 Å². The molecule has 1 heterocycles. The van der Waals surface area contributed by atoms with Gasteiger partial charge in [-0.25, -0.2) is 4.98 Å². The predicted octanol–water partition coefficient (Wildman–Crippen LogP) is 11.5. The summed E-state index contributed by atoms with van der Waals surface area (Å²) >= 11 is 0. The molecular formula is C43H28N2. The number of fused-ring (bicyclic) bond motifs is 4. The Bertz CT molecular complexity index is 2470. The first kappa shape index (κ1) is 25.5. The van der Waals surface area contributed by atoms with Crippen LogP contribution in [0.5, 0.6) is 0 Å². The molecule has 0 aliphatic rings. The van der Waals surface area contributed by atoms with Crippen molar-refractivity contribution >= 4 is 43.4 Å². The van der Waals surface area contributed by atoms with Crippen LogP contribution in [0.2, 0.25) is 0 Å². The fourth-order valence-corrected chi connectivity index (χ4v) is 7.01. The Morgan fingerprint density at radius 3 is 1.67 bits per heavy atom. The zero-order valence-corrected chi connectivity index (χ0v) is 24.6. The molecule has 9 rings (SSSR count). The van der Waals surface area contributed by atoms with E-state index in [4.69, 9.17) is 4.98 Å². The second-order valence-corrected chi connectivity index (χ2v) is 11.5. The molecule has 8 aromatic carbocycles. The number of hydrogen-bond acceptors (Lipinski definition) is 1. The van der Waals surface area contributed by atoms with E-state index in [0.29, 0.717) is 0 Å². The fourth-order valence-electron chi connectivity index (χ4n) is 7.01. The number of hydrogen-bond donors (Lipinski definition) is 0. The summed E-state index contributed by atoms with van der Waals surface area (Å²) in [6.07, 6.45) is 0. The summed E-state index contributed by atoms with van der Waals surface area (Å²) in [5.41, 5.74) is 9.16. The molecule has 45 heavy (non-hydrogen) atoms. The van der Waals surface area contributed by atoms with E-state index in [1.807, 2.05) is 0 Å². The van der Waals surface area contributed by atoms with Crippen molar-refractivity contribution in [2.45, 2.75) is 0 Å². The van der Waals surface area contributed by atoms with E-state index in [1.54, 1.807) is 0 Å². The quantitative estimate of drug-likeness (QED) is 0.192. The van der Waals surface area contributed by atoms with Crippen molar-refractivity contribution in [3.63, 3.8) is 0 Å². The standard InChI is InChI=1S/C43H28N2/c1-3-15-30(16-4-1)43-44-39-25-13-24-38(42(39)45(43)33-18-5-2-6-19-33)41-36-22-11-9-20-34(36)40(35-21-10-12-23-37(35)41)32-27-26-29-14-7-8-17-31(29)28-32/h1-28H. The molecule has 210 valence electrons. The molecule has 1 aromatic heterocycles. The van der Waals surface area contributed by atoms with Crippen molar-refractivity contribution in [3.05, 3.63) is 170 Å². The molecule has 0 radical (unpaired) electrons. The van der Waals surface area contributed by atoms with Gasteiger partial charge < -0.3 is 0 Å². The highest BCUT2D eigenvalue weighted by Gasteiger charge is 2.22. The Hall–Kier alpha value is -5.99. The monoisotopic (exact) mass is 572 g/mol. The summed E-state index contributed by atoms with van der Waals surface area (Å²) in [6, 6.07) is 60.9. The highest BCUT2D eigenvalue weighted by atomic mass is 15.1. The van der Waals surface area contributed by atoms with Crippen molar-refractivity contribution < 1.29 is 0 Å². The molecule has 0 saturated carbocycles. The molecule has 2 nitrogen and oxygen atoms in total. The minimum absolute atomic E-state index is 0.936. The molecule has 9 aromatic rings. The van der Waals surface area contributed by atoms with E-state index in [0.717, 1.165) is 28.1 Å². The third kappa shape index (κ3) is 4.07. The van der Waals surface area contributed by atoms with E-state index in [2.05, 4.69) is 174 Å². The SMILES string of the molecule is c1ccc(-c2nc3cccc(-c4c5ccccc5c(-c5ccc6ccccc6c5)c5ccccc45)c3n2-c2ccccc2)cc1. The molecule has 0 bridgehead atoms. The van der Waals surface area contributed by atoms with Crippen LogP contribution >= 0.6 is 0 Å². The van der Waals surface area contributed by atoms with Gasteiger partial charge >= 0.3 is 0 Å². The van der Waals surface area contributed by atoms with Gasteiger partial charge in [0.1, 0.15) is 5.82 Å². The van der Waals surface area contributed by atoms with Crippen molar-refractivity contribution in [3.8, 4) is 39.3 Å². The summed E-state index contributed by atoms with van der Waals surface area (Å²) in [7, 11) is 0. The molecule has 0 N–H and O–H groups in total. The Balaban J connectivity index is 1.42. The number of benzene rings is 8. The summed E-state index contributed by atoms with van der Waals surface area (Å²) in [5, 5.41) is 7.45. The maximum Gasteiger partial charge on any atom is 0.145 e. The van der Waals surface area contributed by atoms with E-state index in [9.17, 15) is 0 Å². The number of aromatic nitrogens is 2. The van der Waals surface area contributed by atoms with Gasteiger partial charge in [-0.1, -0.05) is 146 Å². The largest absolute Gasteiger partial charge is 0.292 e. The first-order valence-electron chi connectivity index (χ1n) is 15.4. The number of para-hydroxylation sites is 2. The van der Waals surface area contributed by atoms with Crippen LogP contribution in [0.3, 0.4) is 0 Å². The van der Waals surface area contributed by atoms with Crippen LogP contribution < -0.4 is 0 Å². The summed E-state index contributed by atoms with van der Waals surface area (Å²) in [6.45, 7) is 0. The highest BCUT2D eigenvalue weighted by Crippen LogP contribution is 2.46. The highest BCUT2D eigenvalue weighted by molar-refractivity contribution is 6.23. The van der Waals surface area contributed by atoms with Gasteiger partial charge in [0.15, 0.2) is 0 Å².